The largest absolute Gasteiger partial charge is 0.481 e. The number of hydrogen-bond acceptors (Lipinski definition) is 3. The Morgan fingerprint density at radius 3 is 1.64 bits per heavy atom. The second kappa shape index (κ2) is 23.1. The highest BCUT2D eigenvalue weighted by Gasteiger charge is 1.96. The van der Waals surface area contributed by atoms with Crippen molar-refractivity contribution in [1.29, 1.82) is 0 Å². The number of carboxylic acid groups (broad SMARTS) is 1. The molecule has 0 aliphatic heterocycles. The highest BCUT2D eigenvalue weighted by molar-refractivity contribution is 5.66. The fourth-order valence-electron chi connectivity index (χ4n) is 2.51. The van der Waals surface area contributed by atoms with E-state index < -0.39 is 5.97 Å². The first-order valence-electron chi connectivity index (χ1n) is 10.2. The number of carbonyl (C=O) groups is 1. The molecule has 0 aromatic rings. The van der Waals surface area contributed by atoms with Crippen LogP contribution in [0.4, 0.5) is 0 Å². The van der Waals surface area contributed by atoms with Gasteiger partial charge in [0.2, 0.25) is 0 Å². The summed E-state index contributed by atoms with van der Waals surface area (Å²) in [6.07, 6.45) is 18.8. The smallest absolute Gasteiger partial charge is 0.303 e. The monoisotopic (exact) mass is 357 g/mol. The van der Waals surface area contributed by atoms with Crippen molar-refractivity contribution in [3.05, 3.63) is 12.7 Å². The Morgan fingerprint density at radius 2 is 1.36 bits per heavy atom. The van der Waals surface area contributed by atoms with Gasteiger partial charge in [0, 0.05) is 6.42 Å². The summed E-state index contributed by atoms with van der Waals surface area (Å²) in [6, 6.07) is 0. The van der Waals surface area contributed by atoms with Crippen LogP contribution in [-0.2, 0) is 9.53 Å². The van der Waals surface area contributed by atoms with E-state index in [2.05, 4.69) is 13.5 Å². The van der Waals surface area contributed by atoms with Gasteiger partial charge in [-0.25, -0.2) is 0 Å². The first-order chi connectivity index (χ1) is 12.0. The minimum atomic E-state index is -0.655. The molecule has 0 aromatic heterocycles. The fourth-order valence-corrected chi connectivity index (χ4v) is 2.51. The van der Waals surface area contributed by atoms with Crippen LogP contribution in [0.2, 0.25) is 0 Å². The minimum absolute atomic E-state index is 0.169. The lowest BCUT2D eigenvalue weighted by Crippen LogP contribution is -2.18. The maximum Gasteiger partial charge on any atom is 0.303 e. The number of ether oxygens (including phenoxy) is 1. The van der Waals surface area contributed by atoms with Crippen LogP contribution in [-0.4, -0.2) is 23.9 Å². The first kappa shape index (κ1) is 26.4. The molecular formula is C21H43NO3. The maximum absolute atomic E-state index is 10.3. The van der Waals surface area contributed by atoms with Crippen molar-refractivity contribution in [2.24, 2.45) is 5.73 Å². The lowest BCUT2D eigenvalue weighted by atomic mass is 10.0. The Bertz CT molecular complexity index is 280. The predicted octanol–water partition coefficient (Wildman–Crippen LogP) is 6.05. The second-order valence-electron chi connectivity index (χ2n) is 6.71. The van der Waals surface area contributed by atoms with Gasteiger partial charge < -0.3 is 15.6 Å². The van der Waals surface area contributed by atoms with Gasteiger partial charge in [0.25, 0.3) is 0 Å². The van der Waals surface area contributed by atoms with Crippen LogP contribution in [0.3, 0.4) is 0 Å². The molecule has 0 aliphatic carbocycles. The Hall–Kier alpha value is -0.870. The van der Waals surface area contributed by atoms with Gasteiger partial charge in [-0.1, -0.05) is 90.0 Å². The van der Waals surface area contributed by atoms with Gasteiger partial charge in [-0.05, 0) is 13.3 Å². The van der Waals surface area contributed by atoms with E-state index in [0.717, 1.165) is 12.8 Å². The topological polar surface area (TPSA) is 72.5 Å². The van der Waals surface area contributed by atoms with E-state index in [1.165, 1.54) is 70.6 Å². The molecule has 1 atom stereocenters. The zero-order valence-electron chi connectivity index (χ0n) is 16.8. The summed E-state index contributed by atoms with van der Waals surface area (Å²) in [5, 5.41) is 8.49. The number of hydrogen-bond donors (Lipinski definition) is 2. The number of unbranched alkanes of at least 4 members (excludes halogenated alkanes) is 12. The molecule has 3 N–H and O–H groups in total. The SMILES string of the molecule is C=CCOC(C)N.CCCCCCCCCCCCCCCC(=O)O. The molecule has 4 heteroatoms. The Morgan fingerprint density at radius 1 is 0.960 bits per heavy atom. The van der Waals surface area contributed by atoms with Crippen LogP contribution in [0.25, 0.3) is 0 Å². The summed E-state index contributed by atoms with van der Waals surface area (Å²) in [5.41, 5.74) is 5.21. The Labute approximate surface area is 156 Å². The molecule has 0 fully saturated rings. The molecule has 0 bridgehead atoms. The van der Waals surface area contributed by atoms with Crippen molar-refractivity contribution in [2.45, 2.75) is 110 Å². The molecule has 0 spiro atoms. The molecular weight excluding hydrogens is 314 g/mol. The first-order valence-corrected chi connectivity index (χ1v) is 10.2. The molecule has 0 radical (unpaired) electrons. The van der Waals surface area contributed by atoms with Crippen LogP contribution >= 0.6 is 0 Å². The summed E-state index contributed by atoms with van der Waals surface area (Å²) >= 11 is 0. The number of nitrogens with two attached hydrogens (primary N) is 1. The number of carboxylic acids is 1. The van der Waals surface area contributed by atoms with E-state index in [0.29, 0.717) is 13.0 Å². The molecule has 0 amide bonds. The van der Waals surface area contributed by atoms with Crippen LogP contribution in [0, 0.1) is 0 Å². The van der Waals surface area contributed by atoms with Crippen molar-refractivity contribution in [1.82, 2.24) is 0 Å². The maximum atomic E-state index is 10.3. The van der Waals surface area contributed by atoms with E-state index in [-0.39, 0.29) is 6.23 Å². The van der Waals surface area contributed by atoms with Gasteiger partial charge in [0.05, 0.1) is 6.61 Å². The molecule has 0 saturated heterocycles. The summed E-state index contributed by atoms with van der Waals surface area (Å²) in [5.74, 6) is -0.655. The van der Waals surface area contributed by atoms with Crippen LogP contribution in [0.1, 0.15) is 104 Å². The average molecular weight is 358 g/mol. The Kier molecular flexibility index (Phi) is 24.4. The van der Waals surface area contributed by atoms with Crippen molar-refractivity contribution in [2.75, 3.05) is 6.61 Å². The fraction of sp³-hybridized carbons (Fsp3) is 0.857. The van der Waals surface area contributed by atoms with Gasteiger partial charge >= 0.3 is 5.97 Å². The third-order valence-electron chi connectivity index (χ3n) is 3.97. The summed E-state index contributed by atoms with van der Waals surface area (Å²) in [7, 11) is 0. The quantitative estimate of drug-likeness (QED) is 0.189. The molecule has 4 nitrogen and oxygen atoms in total. The third-order valence-corrected chi connectivity index (χ3v) is 3.97. The molecule has 1 unspecified atom stereocenters. The van der Waals surface area contributed by atoms with Gasteiger partial charge in [-0.15, -0.1) is 6.58 Å². The Balaban J connectivity index is 0. The molecule has 25 heavy (non-hydrogen) atoms. The minimum Gasteiger partial charge on any atom is -0.481 e. The highest BCUT2D eigenvalue weighted by Crippen LogP contribution is 2.12. The molecule has 0 heterocycles. The van der Waals surface area contributed by atoms with E-state index in [4.69, 9.17) is 15.6 Å². The van der Waals surface area contributed by atoms with E-state index in [1.54, 1.807) is 13.0 Å². The normalized spacial score (nSPS) is 11.5. The molecule has 0 saturated carbocycles. The predicted molar refractivity (Wildman–Crippen MR) is 108 cm³/mol. The molecule has 150 valence electrons. The van der Waals surface area contributed by atoms with E-state index in [1.807, 2.05) is 0 Å². The van der Waals surface area contributed by atoms with Gasteiger partial charge in [0.1, 0.15) is 6.23 Å². The van der Waals surface area contributed by atoms with Crippen molar-refractivity contribution >= 4 is 5.97 Å². The standard InChI is InChI=1S/C16H32O2.C5H11NO/c1-2-3-4-5-6-7-8-9-10-11-12-13-14-15-16(17)18;1-3-4-7-5(2)6/h2-15H2,1H3,(H,17,18);3,5H,1,4,6H2,2H3. The van der Waals surface area contributed by atoms with Crippen molar-refractivity contribution < 1.29 is 14.6 Å². The van der Waals surface area contributed by atoms with Crippen LogP contribution in [0.15, 0.2) is 12.7 Å². The van der Waals surface area contributed by atoms with Gasteiger partial charge in [-0.2, -0.15) is 0 Å². The van der Waals surface area contributed by atoms with Crippen LogP contribution < -0.4 is 5.73 Å². The number of aliphatic carboxylic acids is 1. The zero-order valence-corrected chi connectivity index (χ0v) is 16.8. The molecule has 0 aliphatic rings. The molecule has 0 aromatic carbocycles. The van der Waals surface area contributed by atoms with Crippen molar-refractivity contribution in [3.8, 4) is 0 Å². The van der Waals surface area contributed by atoms with E-state index in [9.17, 15) is 4.79 Å². The zero-order chi connectivity index (χ0) is 19.2. The number of rotatable bonds is 17. The summed E-state index contributed by atoms with van der Waals surface area (Å²) in [4.78, 5) is 10.3. The lowest BCUT2D eigenvalue weighted by Gasteiger charge is -2.02. The van der Waals surface area contributed by atoms with Gasteiger partial charge in [0.15, 0.2) is 0 Å². The summed E-state index contributed by atoms with van der Waals surface area (Å²) < 4.78 is 4.85. The summed E-state index contributed by atoms with van der Waals surface area (Å²) in [6.45, 7) is 8.03. The third kappa shape index (κ3) is 31.4. The van der Waals surface area contributed by atoms with Crippen LogP contribution in [0.5, 0.6) is 0 Å². The van der Waals surface area contributed by atoms with E-state index >= 15 is 0 Å². The average Bonchev–Trinajstić information content (AvgIpc) is 2.57. The van der Waals surface area contributed by atoms with Crippen molar-refractivity contribution in [3.63, 3.8) is 0 Å². The highest BCUT2D eigenvalue weighted by atomic mass is 16.5. The lowest BCUT2D eigenvalue weighted by molar-refractivity contribution is -0.137. The van der Waals surface area contributed by atoms with Gasteiger partial charge in [-0.3, -0.25) is 4.79 Å². The second-order valence-corrected chi connectivity index (χ2v) is 6.71. The molecule has 0 rings (SSSR count).